The molecule has 0 unspecified atom stereocenters. The van der Waals surface area contributed by atoms with E-state index < -0.39 is 10.0 Å². The number of hydrogen-bond donors (Lipinski definition) is 1. The summed E-state index contributed by atoms with van der Waals surface area (Å²) in [5.41, 5.74) is 1.08. The minimum absolute atomic E-state index is 0.351. The van der Waals surface area contributed by atoms with Crippen LogP contribution in [0.3, 0.4) is 0 Å². The van der Waals surface area contributed by atoms with Crippen LogP contribution < -0.4 is 5.32 Å². The average Bonchev–Trinajstić information content (AvgIpc) is 2.32. The standard InChI is InChI=1S/C12H17BrN2O2S/c1-18(16,17)15-8-6-12(7-9-15)14-11-4-2-10(13)3-5-11/h2-5,12,14H,6-9H2,1H3. The lowest BCUT2D eigenvalue weighted by Gasteiger charge is -2.31. The summed E-state index contributed by atoms with van der Waals surface area (Å²) in [6.45, 7) is 1.21. The van der Waals surface area contributed by atoms with Crippen molar-refractivity contribution >= 4 is 31.6 Å². The number of rotatable bonds is 3. The van der Waals surface area contributed by atoms with Crippen LogP contribution in [0, 0.1) is 0 Å². The quantitative estimate of drug-likeness (QED) is 0.923. The van der Waals surface area contributed by atoms with Crippen LogP contribution in [0.2, 0.25) is 0 Å². The molecule has 1 aromatic rings. The Morgan fingerprint density at radius 3 is 2.28 bits per heavy atom. The minimum atomic E-state index is -3.03. The third kappa shape index (κ3) is 3.70. The number of sulfonamides is 1. The highest BCUT2D eigenvalue weighted by atomic mass is 79.9. The van der Waals surface area contributed by atoms with E-state index in [2.05, 4.69) is 21.2 Å². The van der Waals surface area contributed by atoms with Crippen molar-refractivity contribution in [2.45, 2.75) is 18.9 Å². The van der Waals surface area contributed by atoms with Crippen molar-refractivity contribution in [1.29, 1.82) is 0 Å². The van der Waals surface area contributed by atoms with Crippen LogP contribution in [0.25, 0.3) is 0 Å². The zero-order valence-corrected chi connectivity index (χ0v) is 12.7. The first-order valence-electron chi connectivity index (χ1n) is 5.92. The molecule has 100 valence electrons. The van der Waals surface area contributed by atoms with E-state index in [0.717, 1.165) is 23.0 Å². The van der Waals surface area contributed by atoms with E-state index in [-0.39, 0.29) is 0 Å². The van der Waals surface area contributed by atoms with Crippen LogP contribution >= 0.6 is 15.9 Å². The fourth-order valence-corrected chi connectivity index (χ4v) is 3.25. The Labute approximate surface area is 117 Å². The minimum Gasteiger partial charge on any atom is -0.382 e. The summed E-state index contributed by atoms with van der Waals surface area (Å²) < 4.78 is 25.4. The fourth-order valence-electron chi connectivity index (χ4n) is 2.11. The smallest absolute Gasteiger partial charge is 0.211 e. The van der Waals surface area contributed by atoms with E-state index in [4.69, 9.17) is 0 Å². The zero-order chi connectivity index (χ0) is 13.2. The molecular weight excluding hydrogens is 316 g/mol. The third-order valence-corrected chi connectivity index (χ3v) is 4.97. The number of nitrogens with zero attached hydrogens (tertiary/aromatic N) is 1. The van der Waals surface area contributed by atoms with Gasteiger partial charge in [0.1, 0.15) is 0 Å². The summed E-state index contributed by atoms with van der Waals surface area (Å²) in [6, 6.07) is 8.38. The van der Waals surface area contributed by atoms with E-state index in [9.17, 15) is 8.42 Å². The lowest BCUT2D eigenvalue weighted by molar-refractivity contribution is 0.332. The van der Waals surface area contributed by atoms with Gasteiger partial charge in [-0.25, -0.2) is 12.7 Å². The molecule has 1 fully saturated rings. The van der Waals surface area contributed by atoms with E-state index in [0.29, 0.717) is 19.1 Å². The molecule has 6 heteroatoms. The largest absolute Gasteiger partial charge is 0.382 e. The van der Waals surface area contributed by atoms with Crippen LogP contribution in [0.1, 0.15) is 12.8 Å². The average molecular weight is 333 g/mol. The number of nitrogens with one attached hydrogen (secondary N) is 1. The molecule has 0 atom stereocenters. The predicted molar refractivity (Wildman–Crippen MR) is 77.2 cm³/mol. The molecule has 0 spiro atoms. The summed E-state index contributed by atoms with van der Waals surface area (Å²) >= 11 is 3.40. The lowest BCUT2D eigenvalue weighted by atomic mass is 10.1. The molecule has 1 N–H and O–H groups in total. The molecule has 0 aromatic heterocycles. The Morgan fingerprint density at radius 2 is 1.78 bits per heavy atom. The molecule has 1 saturated heterocycles. The number of benzene rings is 1. The maximum absolute atomic E-state index is 11.4. The molecule has 0 bridgehead atoms. The number of anilines is 1. The summed E-state index contributed by atoms with van der Waals surface area (Å²) in [5.74, 6) is 0. The van der Waals surface area contributed by atoms with Gasteiger partial charge < -0.3 is 5.32 Å². The maximum Gasteiger partial charge on any atom is 0.211 e. The van der Waals surface area contributed by atoms with Crippen molar-refractivity contribution in [1.82, 2.24) is 4.31 Å². The van der Waals surface area contributed by atoms with E-state index in [1.807, 2.05) is 24.3 Å². The first-order valence-corrected chi connectivity index (χ1v) is 8.56. The second kappa shape index (κ2) is 5.59. The van der Waals surface area contributed by atoms with Crippen LogP contribution in [0.15, 0.2) is 28.7 Å². The Hall–Kier alpha value is -0.590. The molecule has 1 heterocycles. The highest BCUT2D eigenvalue weighted by molar-refractivity contribution is 9.10. The van der Waals surface area contributed by atoms with Gasteiger partial charge in [0.05, 0.1) is 6.26 Å². The SMILES string of the molecule is CS(=O)(=O)N1CCC(Nc2ccc(Br)cc2)CC1. The molecular formula is C12H17BrN2O2S. The topological polar surface area (TPSA) is 49.4 Å². The predicted octanol–water partition coefficient (Wildman–Crippen LogP) is 2.29. The summed E-state index contributed by atoms with van der Waals surface area (Å²) in [7, 11) is -3.03. The second-order valence-electron chi connectivity index (χ2n) is 4.59. The molecule has 18 heavy (non-hydrogen) atoms. The van der Waals surface area contributed by atoms with Gasteiger partial charge in [-0.05, 0) is 37.1 Å². The number of halogens is 1. The van der Waals surface area contributed by atoms with Gasteiger partial charge >= 0.3 is 0 Å². The van der Waals surface area contributed by atoms with Gasteiger partial charge in [-0.3, -0.25) is 0 Å². The second-order valence-corrected chi connectivity index (χ2v) is 7.49. The van der Waals surface area contributed by atoms with E-state index in [1.165, 1.54) is 6.26 Å². The molecule has 1 aliphatic rings. The Kier molecular flexibility index (Phi) is 4.29. The summed E-state index contributed by atoms with van der Waals surface area (Å²) in [5, 5.41) is 3.44. The van der Waals surface area contributed by atoms with Crippen LogP contribution in [0.4, 0.5) is 5.69 Å². The summed E-state index contributed by atoms with van der Waals surface area (Å²) in [6.07, 6.45) is 2.97. The molecule has 0 radical (unpaired) electrons. The van der Waals surface area contributed by atoms with Crippen molar-refractivity contribution in [2.75, 3.05) is 24.7 Å². The Morgan fingerprint density at radius 1 is 1.22 bits per heavy atom. The van der Waals surface area contributed by atoms with Gasteiger partial charge in [0.2, 0.25) is 10.0 Å². The monoisotopic (exact) mass is 332 g/mol. The van der Waals surface area contributed by atoms with Crippen molar-refractivity contribution in [3.8, 4) is 0 Å². The molecule has 0 amide bonds. The fraction of sp³-hybridized carbons (Fsp3) is 0.500. The van der Waals surface area contributed by atoms with Gasteiger partial charge in [0, 0.05) is 29.3 Å². The first kappa shape index (κ1) is 13.8. The van der Waals surface area contributed by atoms with Gasteiger partial charge in [-0.15, -0.1) is 0 Å². The highest BCUT2D eigenvalue weighted by Crippen LogP contribution is 2.19. The van der Waals surface area contributed by atoms with Crippen molar-refractivity contribution in [3.63, 3.8) is 0 Å². The lowest BCUT2D eigenvalue weighted by Crippen LogP contribution is -2.41. The first-order chi connectivity index (χ1) is 8.45. The third-order valence-electron chi connectivity index (χ3n) is 3.14. The normalized spacial score (nSPS) is 18.8. The van der Waals surface area contributed by atoms with Crippen LogP contribution in [-0.4, -0.2) is 38.1 Å². The molecule has 2 rings (SSSR count). The summed E-state index contributed by atoms with van der Waals surface area (Å²) in [4.78, 5) is 0. The Bertz CT molecular complexity index is 493. The van der Waals surface area contributed by atoms with Crippen molar-refractivity contribution in [2.24, 2.45) is 0 Å². The van der Waals surface area contributed by atoms with E-state index >= 15 is 0 Å². The van der Waals surface area contributed by atoms with Crippen molar-refractivity contribution < 1.29 is 8.42 Å². The van der Waals surface area contributed by atoms with Gasteiger partial charge in [-0.2, -0.15) is 0 Å². The van der Waals surface area contributed by atoms with E-state index in [1.54, 1.807) is 4.31 Å². The maximum atomic E-state index is 11.4. The van der Waals surface area contributed by atoms with Gasteiger partial charge in [0.15, 0.2) is 0 Å². The molecule has 0 saturated carbocycles. The van der Waals surface area contributed by atoms with Gasteiger partial charge in [-0.1, -0.05) is 15.9 Å². The number of hydrogen-bond acceptors (Lipinski definition) is 3. The van der Waals surface area contributed by atoms with Crippen LogP contribution in [-0.2, 0) is 10.0 Å². The molecule has 1 aromatic carbocycles. The molecule has 0 aliphatic carbocycles. The van der Waals surface area contributed by atoms with Crippen LogP contribution in [0.5, 0.6) is 0 Å². The number of piperidine rings is 1. The van der Waals surface area contributed by atoms with Gasteiger partial charge in [0.25, 0.3) is 0 Å². The zero-order valence-electron chi connectivity index (χ0n) is 10.3. The highest BCUT2D eigenvalue weighted by Gasteiger charge is 2.24. The molecule has 1 aliphatic heterocycles. The van der Waals surface area contributed by atoms with Crippen molar-refractivity contribution in [3.05, 3.63) is 28.7 Å². The Balaban J connectivity index is 1.89. The molecule has 4 nitrogen and oxygen atoms in total.